The molecule has 2 fully saturated rings. The molecule has 0 amide bonds. The van der Waals surface area contributed by atoms with Crippen molar-refractivity contribution in [2.75, 3.05) is 6.61 Å². The Morgan fingerprint density at radius 3 is 1.91 bits per heavy atom. The summed E-state index contributed by atoms with van der Waals surface area (Å²) in [6.07, 6.45) is -3.63. The Labute approximate surface area is 190 Å². The monoisotopic (exact) mass is 446 g/mol. The molecular weight excluding hydrogens is 424 g/mol. The Hall–Kier alpha value is -3.52. The lowest BCUT2D eigenvalue weighted by Crippen LogP contribution is -2.39. The minimum Gasteiger partial charge on any atom is -0.459 e. The number of hydrogen-bond donors (Lipinski definition) is 0. The molecule has 2 aliphatic heterocycles. The van der Waals surface area contributed by atoms with Gasteiger partial charge in [0.2, 0.25) is 0 Å². The molecule has 1 unspecified atom stereocenters. The van der Waals surface area contributed by atoms with E-state index >= 15 is 0 Å². The third-order valence-corrected chi connectivity index (χ3v) is 5.52. The molecule has 0 aromatic heterocycles. The van der Waals surface area contributed by atoms with E-state index in [1.807, 2.05) is 42.5 Å². The summed E-state index contributed by atoms with van der Waals surface area (Å²) in [5.74, 6) is -1.01. The zero-order chi connectivity index (χ0) is 22.6. The molecule has 2 heterocycles. The summed E-state index contributed by atoms with van der Waals surface area (Å²) in [4.78, 5) is 25.2. The quantitative estimate of drug-likeness (QED) is 0.531. The molecule has 3 aromatic carbocycles. The molecule has 2 saturated heterocycles. The lowest BCUT2D eigenvalue weighted by Gasteiger charge is -2.23. The van der Waals surface area contributed by atoms with Gasteiger partial charge in [-0.3, -0.25) is 0 Å². The molecule has 3 aromatic rings. The second-order valence-electron chi connectivity index (χ2n) is 7.72. The van der Waals surface area contributed by atoms with Crippen LogP contribution in [-0.4, -0.2) is 43.1 Å². The number of fused-ring (bicyclic) bond motifs is 1. The number of ether oxygens (including phenoxy) is 5. The summed E-state index contributed by atoms with van der Waals surface area (Å²) >= 11 is 0. The molecule has 0 saturated carbocycles. The number of carbonyl (C=O) groups is 2. The third kappa shape index (κ3) is 4.66. The highest BCUT2D eigenvalue weighted by Gasteiger charge is 2.55. The van der Waals surface area contributed by atoms with Crippen LogP contribution >= 0.6 is 0 Å². The molecule has 33 heavy (non-hydrogen) atoms. The second kappa shape index (κ2) is 9.54. The highest BCUT2D eigenvalue weighted by atomic mass is 16.8. The predicted molar refractivity (Wildman–Crippen MR) is 116 cm³/mol. The molecule has 7 nitrogen and oxygen atoms in total. The molecule has 2 aliphatic rings. The van der Waals surface area contributed by atoms with Crippen molar-refractivity contribution in [1.29, 1.82) is 0 Å². The van der Waals surface area contributed by atoms with Crippen LogP contribution in [0.25, 0.3) is 0 Å². The van der Waals surface area contributed by atoms with Crippen molar-refractivity contribution in [2.45, 2.75) is 30.9 Å². The number of benzene rings is 3. The van der Waals surface area contributed by atoms with Crippen LogP contribution in [0.5, 0.6) is 0 Å². The average molecular weight is 446 g/mol. The van der Waals surface area contributed by atoms with Gasteiger partial charge in [0.15, 0.2) is 24.8 Å². The van der Waals surface area contributed by atoms with Crippen molar-refractivity contribution in [3.8, 4) is 0 Å². The van der Waals surface area contributed by atoms with E-state index in [2.05, 4.69) is 0 Å². The Morgan fingerprint density at radius 2 is 1.27 bits per heavy atom. The maximum absolute atomic E-state index is 12.8. The first-order valence-electron chi connectivity index (χ1n) is 10.7. The van der Waals surface area contributed by atoms with Crippen molar-refractivity contribution in [3.63, 3.8) is 0 Å². The fraction of sp³-hybridized carbons (Fsp3) is 0.231. The van der Waals surface area contributed by atoms with Crippen molar-refractivity contribution >= 4 is 11.9 Å². The van der Waals surface area contributed by atoms with Gasteiger partial charge in [-0.25, -0.2) is 9.59 Å². The van der Waals surface area contributed by atoms with Gasteiger partial charge in [-0.05, 0) is 24.3 Å². The van der Waals surface area contributed by atoms with Gasteiger partial charge >= 0.3 is 11.9 Å². The molecule has 0 N–H and O–H groups in total. The zero-order valence-corrected chi connectivity index (χ0v) is 17.6. The van der Waals surface area contributed by atoms with Crippen molar-refractivity contribution in [1.82, 2.24) is 0 Å². The van der Waals surface area contributed by atoms with Gasteiger partial charge in [-0.15, -0.1) is 0 Å². The number of carbonyl (C=O) groups excluding carboxylic acids is 2. The molecule has 0 bridgehead atoms. The van der Waals surface area contributed by atoms with Crippen LogP contribution < -0.4 is 0 Å². The van der Waals surface area contributed by atoms with E-state index in [0.29, 0.717) is 11.1 Å². The first-order valence-corrected chi connectivity index (χ1v) is 10.7. The highest BCUT2D eigenvalue weighted by molar-refractivity contribution is 5.90. The van der Waals surface area contributed by atoms with Crippen molar-refractivity contribution < 1.29 is 33.3 Å². The first kappa shape index (κ1) is 21.3. The topological polar surface area (TPSA) is 80.3 Å². The molecule has 0 spiro atoms. The van der Waals surface area contributed by atoms with Gasteiger partial charge < -0.3 is 23.7 Å². The molecular formula is C26H22O7. The largest absolute Gasteiger partial charge is 0.459 e. The van der Waals surface area contributed by atoms with Crippen molar-refractivity contribution in [3.05, 3.63) is 108 Å². The Morgan fingerprint density at radius 1 is 0.697 bits per heavy atom. The van der Waals surface area contributed by atoms with Gasteiger partial charge in [-0.2, -0.15) is 0 Å². The van der Waals surface area contributed by atoms with Crippen LogP contribution in [0.2, 0.25) is 0 Å². The zero-order valence-electron chi connectivity index (χ0n) is 17.6. The van der Waals surface area contributed by atoms with Crippen molar-refractivity contribution in [2.24, 2.45) is 0 Å². The molecule has 5 atom stereocenters. The Kier molecular flexibility index (Phi) is 6.17. The Bertz CT molecular complexity index is 1090. The lowest BCUT2D eigenvalue weighted by atomic mass is 10.1. The third-order valence-electron chi connectivity index (χ3n) is 5.52. The SMILES string of the molecule is O=C(OC[C@H]1O[C@H]2OC(c3ccccc3)O[C@H]2[C@@H]1OC(=O)c1ccccc1)c1ccccc1. The molecule has 168 valence electrons. The molecule has 0 aliphatic carbocycles. The fourth-order valence-corrected chi connectivity index (χ4v) is 3.87. The predicted octanol–water partition coefficient (Wildman–Crippen LogP) is 3.91. The number of hydrogen-bond acceptors (Lipinski definition) is 7. The van der Waals surface area contributed by atoms with E-state index in [9.17, 15) is 9.59 Å². The minimum atomic E-state index is -0.819. The van der Waals surface area contributed by atoms with Crippen LogP contribution in [0, 0.1) is 0 Å². The summed E-state index contributed by atoms with van der Waals surface area (Å²) in [7, 11) is 0. The molecule has 0 radical (unpaired) electrons. The van der Waals surface area contributed by atoms with Crippen LogP contribution in [-0.2, 0) is 23.7 Å². The Balaban J connectivity index is 1.31. The van der Waals surface area contributed by atoms with Crippen LogP contribution in [0.1, 0.15) is 32.6 Å². The number of rotatable bonds is 6. The average Bonchev–Trinajstić information content (AvgIpc) is 3.43. The normalized spacial score (nSPS) is 25.9. The van der Waals surface area contributed by atoms with E-state index in [-0.39, 0.29) is 6.61 Å². The van der Waals surface area contributed by atoms with Gasteiger partial charge in [-0.1, -0.05) is 66.7 Å². The maximum Gasteiger partial charge on any atom is 0.338 e. The molecule has 7 heteroatoms. The maximum atomic E-state index is 12.8. The van der Waals surface area contributed by atoms with E-state index in [1.54, 1.807) is 48.5 Å². The fourth-order valence-electron chi connectivity index (χ4n) is 3.87. The minimum absolute atomic E-state index is 0.115. The van der Waals surface area contributed by atoms with E-state index in [4.69, 9.17) is 23.7 Å². The summed E-state index contributed by atoms with van der Waals surface area (Å²) < 4.78 is 29.2. The summed E-state index contributed by atoms with van der Waals surface area (Å²) in [5.41, 5.74) is 1.65. The smallest absolute Gasteiger partial charge is 0.338 e. The van der Waals surface area contributed by atoms with Gasteiger partial charge in [0, 0.05) is 5.56 Å². The standard InChI is InChI=1S/C26H22O7/c27-23(17-10-4-1-5-11-17)29-16-20-21(31-24(28)18-12-6-2-7-13-18)22-26(30-20)33-25(32-22)19-14-8-3-9-15-19/h1-15,20-22,25-26H,16H2/t20-,21-,22+,25?,26+/m1/s1. The van der Waals surface area contributed by atoms with E-state index in [1.165, 1.54) is 0 Å². The van der Waals surface area contributed by atoms with Crippen LogP contribution in [0.15, 0.2) is 91.0 Å². The van der Waals surface area contributed by atoms with Crippen LogP contribution in [0.4, 0.5) is 0 Å². The van der Waals surface area contributed by atoms with Gasteiger partial charge in [0.05, 0.1) is 11.1 Å². The summed E-state index contributed by atoms with van der Waals surface area (Å²) in [6.45, 7) is -0.115. The van der Waals surface area contributed by atoms with E-state index in [0.717, 1.165) is 5.56 Å². The van der Waals surface area contributed by atoms with Crippen LogP contribution in [0.3, 0.4) is 0 Å². The highest BCUT2D eigenvalue weighted by Crippen LogP contribution is 2.40. The first-order chi connectivity index (χ1) is 16.2. The summed E-state index contributed by atoms with van der Waals surface area (Å²) in [5, 5.41) is 0. The molecule has 5 rings (SSSR count). The lowest BCUT2D eigenvalue weighted by molar-refractivity contribution is -0.177. The number of esters is 2. The van der Waals surface area contributed by atoms with Gasteiger partial charge in [0.25, 0.3) is 0 Å². The second-order valence-corrected chi connectivity index (χ2v) is 7.72. The van der Waals surface area contributed by atoms with Gasteiger partial charge in [0.1, 0.15) is 12.7 Å². The van der Waals surface area contributed by atoms with E-state index < -0.39 is 42.8 Å². The summed E-state index contributed by atoms with van der Waals surface area (Å²) in [6, 6.07) is 26.7.